The highest BCUT2D eigenvalue weighted by Crippen LogP contribution is 2.35. The molecular formula is C12H12N4O2S. The number of nitrogens with one attached hydrogen (secondary N) is 1. The highest BCUT2D eigenvalue weighted by molar-refractivity contribution is 7.08. The molecule has 3 rings (SSSR count). The van der Waals surface area contributed by atoms with Crippen molar-refractivity contribution in [3.63, 3.8) is 0 Å². The summed E-state index contributed by atoms with van der Waals surface area (Å²) in [5, 5.41) is 11.2. The van der Waals surface area contributed by atoms with Gasteiger partial charge in [0.25, 0.3) is 0 Å². The Labute approximate surface area is 113 Å². The second-order valence-corrected chi connectivity index (χ2v) is 4.92. The van der Waals surface area contributed by atoms with Gasteiger partial charge in [0.15, 0.2) is 0 Å². The monoisotopic (exact) mass is 276 g/mol. The minimum absolute atomic E-state index is 0.294. The van der Waals surface area contributed by atoms with Gasteiger partial charge in [-0.3, -0.25) is 0 Å². The van der Waals surface area contributed by atoms with Crippen LogP contribution in [-0.4, -0.2) is 27.8 Å². The number of thiophene rings is 1. The van der Waals surface area contributed by atoms with Gasteiger partial charge in [0.05, 0.1) is 12.7 Å². The Morgan fingerprint density at radius 3 is 3.11 bits per heavy atom. The molecule has 0 unspecified atom stereocenters. The first kappa shape index (κ1) is 11.9. The zero-order valence-corrected chi connectivity index (χ0v) is 11.3. The lowest BCUT2D eigenvalue weighted by Crippen LogP contribution is -2.29. The number of anilines is 1. The van der Waals surface area contributed by atoms with Crippen LogP contribution in [0.3, 0.4) is 0 Å². The molecule has 0 radical (unpaired) electrons. The molecule has 3 heterocycles. The summed E-state index contributed by atoms with van der Waals surface area (Å²) in [7, 11) is 1.38. The van der Waals surface area contributed by atoms with E-state index in [2.05, 4.69) is 15.4 Å². The van der Waals surface area contributed by atoms with Crippen LogP contribution in [0.15, 0.2) is 34.4 Å². The van der Waals surface area contributed by atoms with E-state index in [1.165, 1.54) is 13.4 Å². The summed E-state index contributed by atoms with van der Waals surface area (Å²) in [6, 6.07) is 1.68. The molecule has 0 spiro atoms. The quantitative estimate of drug-likeness (QED) is 0.847. The van der Waals surface area contributed by atoms with Crippen molar-refractivity contribution in [3.05, 3.63) is 40.0 Å². The van der Waals surface area contributed by atoms with Gasteiger partial charge in [-0.15, -0.1) is 0 Å². The number of hydrogen-bond donors (Lipinski definition) is 1. The van der Waals surface area contributed by atoms with E-state index >= 15 is 0 Å². The first-order chi connectivity index (χ1) is 9.22. The molecule has 7 heteroatoms. The van der Waals surface area contributed by atoms with E-state index in [1.54, 1.807) is 16.0 Å². The number of allylic oxidation sites excluding steroid dienone is 1. The molecule has 1 aliphatic heterocycles. The molecule has 0 amide bonds. The van der Waals surface area contributed by atoms with Crippen LogP contribution in [0.25, 0.3) is 0 Å². The van der Waals surface area contributed by atoms with Gasteiger partial charge < -0.3 is 10.1 Å². The summed E-state index contributed by atoms with van der Waals surface area (Å²) in [5.41, 5.74) is 2.29. The van der Waals surface area contributed by atoms with E-state index in [9.17, 15) is 4.79 Å². The third-order valence-corrected chi connectivity index (χ3v) is 3.76. The van der Waals surface area contributed by atoms with Crippen molar-refractivity contribution in [2.75, 3.05) is 12.4 Å². The lowest BCUT2D eigenvalue weighted by Gasteiger charge is -2.27. The summed E-state index contributed by atoms with van der Waals surface area (Å²) in [4.78, 5) is 16.2. The molecule has 6 nitrogen and oxygen atoms in total. The first-order valence-electron chi connectivity index (χ1n) is 5.70. The fourth-order valence-electron chi connectivity index (χ4n) is 2.20. The van der Waals surface area contributed by atoms with Crippen molar-refractivity contribution in [2.24, 2.45) is 0 Å². The van der Waals surface area contributed by atoms with Gasteiger partial charge in [-0.05, 0) is 29.3 Å². The molecule has 1 N–H and O–H groups in total. The predicted octanol–water partition coefficient (Wildman–Crippen LogP) is 1.80. The zero-order chi connectivity index (χ0) is 13.4. The maximum absolute atomic E-state index is 12.0. The Hall–Kier alpha value is -2.15. The largest absolute Gasteiger partial charge is 0.466 e. The third-order valence-electron chi connectivity index (χ3n) is 3.06. The molecule has 0 saturated heterocycles. The van der Waals surface area contributed by atoms with Crippen LogP contribution < -0.4 is 5.32 Å². The topological polar surface area (TPSA) is 69.0 Å². The van der Waals surface area contributed by atoms with E-state index < -0.39 is 0 Å². The first-order valence-corrected chi connectivity index (χ1v) is 6.64. The lowest BCUT2D eigenvalue weighted by molar-refractivity contribution is -0.136. The number of carbonyl (C=O) groups is 1. The highest BCUT2D eigenvalue weighted by atomic mass is 32.1. The van der Waals surface area contributed by atoms with Crippen molar-refractivity contribution in [3.8, 4) is 0 Å². The van der Waals surface area contributed by atoms with Crippen LogP contribution in [0.5, 0.6) is 0 Å². The Kier molecular flexibility index (Phi) is 2.83. The Morgan fingerprint density at radius 1 is 1.58 bits per heavy atom. The maximum Gasteiger partial charge on any atom is 0.338 e. The van der Waals surface area contributed by atoms with E-state index in [1.807, 2.05) is 23.8 Å². The fourth-order valence-corrected chi connectivity index (χ4v) is 2.88. The van der Waals surface area contributed by atoms with E-state index in [-0.39, 0.29) is 12.0 Å². The number of fused-ring (bicyclic) bond motifs is 1. The number of esters is 1. The normalized spacial score (nSPS) is 17.9. The Bertz CT molecular complexity index is 644. The summed E-state index contributed by atoms with van der Waals surface area (Å²) in [5.74, 6) is 0.267. The molecule has 19 heavy (non-hydrogen) atoms. The number of methoxy groups -OCH3 is 1. The summed E-state index contributed by atoms with van der Waals surface area (Å²) in [6.45, 7) is 1.84. The van der Waals surface area contributed by atoms with Gasteiger partial charge in [0.1, 0.15) is 12.4 Å². The van der Waals surface area contributed by atoms with Gasteiger partial charge in [-0.1, -0.05) is 0 Å². The average molecular weight is 276 g/mol. The molecule has 2 aromatic rings. The number of hydrogen-bond acceptors (Lipinski definition) is 6. The minimum atomic E-state index is -0.359. The molecule has 0 saturated carbocycles. The van der Waals surface area contributed by atoms with Crippen molar-refractivity contribution < 1.29 is 9.53 Å². The minimum Gasteiger partial charge on any atom is -0.466 e. The smallest absolute Gasteiger partial charge is 0.338 e. The van der Waals surface area contributed by atoms with Gasteiger partial charge in [0, 0.05) is 5.70 Å². The van der Waals surface area contributed by atoms with Gasteiger partial charge in [-0.2, -0.15) is 21.4 Å². The molecule has 1 aliphatic rings. The third kappa shape index (κ3) is 1.82. The molecular weight excluding hydrogens is 264 g/mol. The van der Waals surface area contributed by atoms with E-state index in [0.29, 0.717) is 11.5 Å². The number of rotatable bonds is 2. The fraction of sp³-hybridized carbons (Fsp3) is 0.250. The second-order valence-electron chi connectivity index (χ2n) is 4.14. The predicted molar refractivity (Wildman–Crippen MR) is 70.8 cm³/mol. The van der Waals surface area contributed by atoms with Crippen LogP contribution >= 0.6 is 11.3 Å². The highest BCUT2D eigenvalue weighted by Gasteiger charge is 2.33. The molecule has 0 aliphatic carbocycles. The Morgan fingerprint density at radius 2 is 2.42 bits per heavy atom. The number of ether oxygens (including phenoxy) is 1. The SMILES string of the molecule is COC(=O)C1=C(C)Nc2ncnn2[C@@H]1c1ccsc1. The summed E-state index contributed by atoms with van der Waals surface area (Å²) in [6.07, 6.45) is 1.47. The van der Waals surface area contributed by atoms with Crippen molar-refractivity contribution in [1.82, 2.24) is 14.8 Å². The molecule has 0 bridgehead atoms. The number of carbonyl (C=O) groups excluding carboxylic acids is 1. The van der Waals surface area contributed by atoms with Gasteiger partial charge in [0.2, 0.25) is 5.95 Å². The van der Waals surface area contributed by atoms with Crippen molar-refractivity contribution >= 4 is 23.3 Å². The number of nitrogens with zero attached hydrogens (tertiary/aromatic N) is 3. The van der Waals surface area contributed by atoms with Crippen LogP contribution in [0, 0.1) is 0 Å². The average Bonchev–Trinajstić information content (AvgIpc) is 3.06. The van der Waals surface area contributed by atoms with Crippen LogP contribution in [0.2, 0.25) is 0 Å². The lowest BCUT2D eigenvalue weighted by atomic mass is 9.98. The molecule has 0 aromatic carbocycles. The molecule has 2 aromatic heterocycles. The van der Waals surface area contributed by atoms with Gasteiger partial charge in [-0.25, -0.2) is 9.48 Å². The summed E-state index contributed by atoms with van der Waals surface area (Å²) < 4.78 is 6.58. The van der Waals surface area contributed by atoms with Gasteiger partial charge >= 0.3 is 5.97 Å². The van der Waals surface area contributed by atoms with Crippen molar-refractivity contribution in [2.45, 2.75) is 13.0 Å². The molecule has 98 valence electrons. The maximum atomic E-state index is 12.0. The standard InChI is InChI=1S/C12H12N4O2S/c1-7-9(11(17)18-2)10(8-3-4-19-5-8)16-12(15-7)13-6-14-16/h3-6,10H,1-2H3,(H,13,14,15)/t10-/m1/s1. The van der Waals surface area contributed by atoms with Crippen LogP contribution in [0.4, 0.5) is 5.95 Å². The number of aromatic nitrogens is 3. The van der Waals surface area contributed by atoms with E-state index in [0.717, 1.165) is 11.3 Å². The molecule has 0 fully saturated rings. The second kappa shape index (κ2) is 4.51. The molecule has 1 atom stereocenters. The van der Waals surface area contributed by atoms with Crippen LogP contribution in [-0.2, 0) is 9.53 Å². The zero-order valence-electron chi connectivity index (χ0n) is 10.5. The Balaban J connectivity index is 2.18. The van der Waals surface area contributed by atoms with Crippen molar-refractivity contribution in [1.29, 1.82) is 0 Å². The van der Waals surface area contributed by atoms with Crippen LogP contribution in [0.1, 0.15) is 18.5 Å². The summed E-state index contributed by atoms with van der Waals surface area (Å²) >= 11 is 1.58. The van der Waals surface area contributed by atoms with E-state index in [4.69, 9.17) is 4.74 Å².